The summed E-state index contributed by atoms with van der Waals surface area (Å²) in [6.45, 7) is 3.47. The van der Waals surface area contributed by atoms with Crippen LogP contribution in [0.5, 0.6) is 0 Å². The fourth-order valence-corrected chi connectivity index (χ4v) is 2.77. The van der Waals surface area contributed by atoms with E-state index in [1.165, 1.54) is 16.3 Å². The van der Waals surface area contributed by atoms with Crippen molar-refractivity contribution in [1.82, 2.24) is 24.8 Å². The first-order valence-corrected chi connectivity index (χ1v) is 8.31. The summed E-state index contributed by atoms with van der Waals surface area (Å²) in [4.78, 5) is 26.1. The number of amides is 1. The number of aryl methyl sites for hydroxylation is 2. The van der Waals surface area contributed by atoms with Crippen molar-refractivity contribution in [2.75, 3.05) is 11.1 Å². The number of carbonyl (C=O) groups excluding carboxylic acids is 1. The van der Waals surface area contributed by atoms with E-state index in [0.29, 0.717) is 21.6 Å². The molecule has 0 spiro atoms. The third-order valence-electron chi connectivity index (χ3n) is 3.20. The fraction of sp³-hybridized carbons (Fsp3) is 0.214. The molecule has 2 aromatic heterocycles. The maximum absolute atomic E-state index is 12.1. The van der Waals surface area contributed by atoms with Gasteiger partial charge in [-0.15, -0.1) is 10.2 Å². The van der Waals surface area contributed by atoms with E-state index in [1.807, 2.05) is 13.0 Å². The average Bonchev–Trinajstić information content (AvgIpc) is 2.91. The predicted molar refractivity (Wildman–Crippen MR) is 91.7 cm³/mol. The van der Waals surface area contributed by atoms with Crippen LogP contribution in [0.4, 0.5) is 5.69 Å². The molecule has 1 amide bonds. The molecule has 0 bridgehead atoms. The summed E-state index contributed by atoms with van der Waals surface area (Å²) in [5, 5.41) is 15.6. The molecule has 3 rings (SSSR count). The number of benzene rings is 1. The van der Waals surface area contributed by atoms with Crippen molar-refractivity contribution < 1.29 is 4.79 Å². The van der Waals surface area contributed by atoms with Crippen LogP contribution in [0.2, 0.25) is 5.02 Å². The molecule has 1 aromatic carbocycles. The van der Waals surface area contributed by atoms with Crippen molar-refractivity contribution in [3.63, 3.8) is 0 Å². The third kappa shape index (κ3) is 3.41. The first kappa shape index (κ1) is 16.5. The second kappa shape index (κ2) is 6.62. The van der Waals surface area contributed by atoms with Gasteiger partial charge in [0.05, 0.1) is 5.75 Å². The highest BCUT2D eigenvalue weighted by Gasteiger charge is 2.12. The molecule has 3 aromatic rings. The van der Waals surface area contributed by atoms with Gasteiger partial charge in [0.25, 0.3) is 11.3 Å². The first-order chi connectivity index (χ1) is 11.4. The number of hydrogen-bond acceptors (Lipinski definition) is 6. The number of thioether (sulfide) groups is 1. The SMILES string of the molecule is Cc1ccc(NC(=O)CSc2nnc3[nH]c(=O)c(C)nn23)cc1Cl. The Bertz CT molecular complexity index is 983. The van der Waals surface area contributed by atoms with Gasteiger partial charge in [-0.3, -0.25) is 14.6 Å². The van der Waals surface area contributed by atoms with E-state index in [1.54, 1.807) is 19.1 Å². The van der Waals surface area contributed by atoms with E-state index in [2.05, 4.69) is 25.6 Å². The number of aromatic nitrogens is 5. The second-order valence-corrected chi connectivity index (χ2v) is 6.41. The minimum atomic E-state index is -0.319. The molecule has 2 N–H and O–H groups in total. The van der Waals surface area contributed by atoms with Crippen molar-refractivity contribution in [3.05, 3.63) is 44.8 Å². The highest BCUT2D eigenvalue weighted by Crippen LogP contribution is 2.21. The number of aromatic amines is 1. The quantitative estimate of drug-likeness (QED) is 0.684. The monoisotopic (exact) mass is 364 g/mol. The third-order valence-corrected chi connectivity index (χ3v) is 4.53. The molecule has 0 fully saturated rings. The van der Waals surface area contributed by atoms with Crippen LogP contribution in [0.15, 0.2) is 28.2 Å². The van der Waals surface area contributed by atoms with Gasteiger partial charge in [-0.25, -0.2) is 0 Å². The largest absolute Gasteiger partial charge is 0.325 e. The van der Waals surface area contributed by atoms with E-state index in [4.69, 9.17) is 11.6 Å². The number of nitrogens with zero attached hydrogens (tertiary/aromatic N) is 4. The average molecular weight is 365 g/mol. The van der Waals surface area contributed by atoms with Crippen LogP contribution >= 0.6 is 23.4 Å². The molecule has 8 nitrogen and oxygen atoms in total. The Morgan fingerprint density at radius 1 is 1.38 bits per heavy atom. The number of rotatable bonds is 4. The zero-order chi connectivity index (χ0) is 17.3. The highest BCUT2D eigenvalue weighted by atomic mass is 35.5. The lowest BCUT2D eigenvalue weighted by atomic mass is 10.2. The van der Waals surface area contributed by atoms with E-state index >= 15 is 0 Å². The lowest BCUT2D eigenvalue weighted by molar-refractivity contribution is -0.113. The molecule has 24 heavy (non-hydrogen) atoms. The van der Waals surface area contributed by atoms with Gasteiger partial charge in [0.1, 0.15) is 5.69 Å². The lowest BCUT2D eigenvalue weighted by Crippen LogP contribution is -2.16. The Balaban J connectivity index is 1.69. The number of hydrogen-bond donors (Lipinski definition) is 2. The molecule has 124 valence electrons. The summed E-state index contributed by atoms with van der Waals surface area (Å²) in [7, 11) is 0. The van der Waals surface area contributed by atoms with Crippen LogP contribution in [0, 0.1) is 13.8 Å². The number of anilines is 1. The molecule has 0 atom stereocenters. The molecule has 0 unspecified atom stereocenters. The van der Waals surface area contributed by atoms with Crippen LogP contribution in [-0.2, 0) is 4.79 Å². The number of carbonyl (C=O) groups is 1. The van der Waals surface area contributed by atoms with E-state index < -0.39 is 0 Å². The number of H-pyrrole nitrogens is 1. The van der Waals surface area contributed by atoms with Crippen LogP contribution < -0.4 is 10.9 Å². The number of fused-ring (bicyclic) bond motifs is 1. The molecular weight excluding hydrogens is 352 g/mol. The van der Waals surface area contributed by atoms with E-state index in [0.717, 1.165) is 5.56 Å². The molecule has 0 saturated heterocycles. The molecule has 0 aliphatic rings. The van der Waals surface area contributed by atoms with Crippen molar-refractivity contribution in [2.45, 2.75) is 19.0 Å². The molecule has 0 radical (unpaired) electrons. The van der Waals surface area contributed by atoms with Gasteiger partial charge in [-0.1, -0.05) is 29.4 Å². The molecule has 0 aliphatic carbocycles. The molecule has 0 saturated carbocycles. The first-order valence-electron chi connectivity index (χ1n) is 6.95. The van der Waals surface area contributed by atoms with E-state index in [9.17, 15) is 9.59 Å². The second-order valence-electron chi connectivity index (χ2n) is 5.06. The summed E-state index contributed by atoms with van der Waals surface area (Å²) in [5.74, 6) is 0.142. The maximum atomic E-state index is 12.1. The van der Waals surface area contributed by atoms with Gasteiger partial charge in [-0.05, 0) is 31.5 Å². The normalized spacial score (nSPS) is 11.0. The predicted octanol–water partition coefficient (Wildman–Crippen LogP) is 1.81. The van der Waals surface area contributed by atoms with Crippen LogP contribution in [0.25, 0.3) is 5.78 Å². The Labute approximate surface area is 145 Å². The van der Waals surface area contributed by atoms with Gasteiger partial charge in [0, 0.05) is 10.7 Å². The fourth-order valence-electron chi connectivity index (χ4n) is 1.91. The van der Waals surface area contributed by atoms with Crippen molar-refractivity contribution in [1.29, 1.82) is 0 Å². The zero-order valence-corrected chi connectivity index (χ0v) is 14.4. The number of nitrogens with one attached hydrogen (secondary N) is 2. The molecule has 10 heteroatoms. The van der Waals surface area contributed by atoms with Gasteiger partial charge < -0.3 is 5.32 Å². The summed E-state index contributed by atoms with van der Waals surface area (Å²) in [6, 6.07) is 5.31. The van der Waals surface area contributed by atoms with Crippen molar-refractivity contribution in [2.24, 2.45) is 0 Å². The standard InChI is InChI=1S/C14H13ClN6O2S/c1-7-3-4-9(5-10(7)15)16-11(22)6-24-14-19-18-13-17-12(23)8(2)20-21(13)14/h3-5H,6H2,1-2H3,(H,16,22)(H,17,18,23). The Morgan fingerprint density at radius 3 is 2.92 bits per heavy atom. The highest BCUT2D eigenvalue weighted by molar-refractivity contribution is 7.99. The van der Waals surface area contributed by atoms with Gasteiger partial charge in [0.15, 0.2) is 0 Å². The van der Waals surface area contributed by atoms with Crippen LogP contribution in [-0.4, -0.2) is 36.5 Å². The Kier molecular flexibility index (Phi) is 4.54. The molecule has 0 aliphatic heterocycles. The smallest absolute Gasteiger partial charge is 0.273 e. The van der Waals surface area contributed by atoms with Crippen LogP contribution in [0.3, 0.4) is 0 Å². The summed E-state index contributed by atoms with van der Waals surface area (Å²) < 4.78 is 1.40. The topological polar surface area (TPSA) is 105 Å². The van der Waals surface area contributed by atoms with E-state index in [-0.39, 0.29) is 23.0 Å². The molecule has 2 heterocycles. The van der Waals surface area contributed by atoms with Gasteiger partial charge in [0.2, 0.25) is 11.1 Å². The summed E-state index contributed by atoms with van der Waals surface area (Å²) in [5.41, 5.74) is 1.54. The summed E-state index contributed by atoms with van der Waals surface area (Å²) >= 11 is 7.20. The van der Waals surface area contributed by atoms with Crippen molar-refractivity contribution in [3.8, 4) is 0 Å². The Morgan fingerprint density at radius 2 is 2.17 bits per heavy atom. The minimum Gasteiger partial charge on any atom is -0.325 e. The maximum Gasteiger partial charge on any atom is 0.273 e. The van der Waals surface area contributed by atoms with Crippen LogP contribution in [0.1, 0.15) is 11.3 Å². The zero-order valence-electron chi connectivity index (χ0n) is 12.8. The number of halogens is 1. The minimum absolute atomic E-state index is 0.117. The Hall–Kier alpha value is -2.39. The van der Waals surface area contributed by atoms with Gasteiger partial charge >= 0.3 is 0 Å². The lowest BCUT2D eigenvalue weighted by Gasteiger charge is -2.06. The van der Waals surface area contributed by atoms with Crippen molar-refractivity contribution >= 4 is 40.7 Å². The van der Waals surface area contributed by atoms with Gasteiger partial charge in [-0.2, -0.15) is 9.61 Å². The summed E-state index contributed by atoms with van der Waals surface area (Å²) in [6.07, 6.45) is 0. The molecular formula is C14H13ClN6O2S.